The third-order valence-electron chi connectivity index (χ3n) is 6.88. The van der Waals surface area contributed by atoms with E-state index in [0.29, 0.717) is 44.6 Å². The maximum absolute atomic E-state index is 13.7. The summed E-state index contributed by atoms with van der Waals surface area (Å²) < 4.78 is 7.15. The number of nitrogens with one attached hydrogen (secondary N) is 2. The van der Waals surface area contributed by atoms with Gasteiger partial charge in [0, 0.05) is 24.4 Å². The van der Waals surface area contributed by atoms with Crippen molar-refractivity contribution in [1.82, 2.24) is 20.4 Å². The fourth-order valence-electron chi connectivity index (χ4n) is 5.30. The molecule has 0 spiro atoms. The molecule has 0 aliphatic heterocycles. The van der Waals surface area contributed by atoms with E-state index in [9.17, 15) is 14.4 Å². The highest BCUT2D eigenvalue weighted by Gasteiger charge is 2.30. The van der Waals surface area contributed by atoms with Crippen molar-refractivity contribution in [2.75, 3.05) is 0 Å². The standard InChI is InChI=1S/C27H27ClN4O4/c1-15-22-25(31-36-15)23-20(28)12-7-13-21(23)32(27(22)35)19-11-6-10-18(14-19)30-26(34)24(29-16(2)33)17-8-4-3-5-9-17/h3-5,7-9,12-13,18-19,24H,6,10-11,14H2,1-2H3,(H,29,33)(H,30,34). The minimum Gasteiger partial charge on any atom is -0.360 e. The Morgan fingerprint density at radius 3 is 2.64 bits per heavy atom. The third-order valence-corrected chi connectivity index (χ3v) is 7.20. The molecule has 1 aliphatic rings. The van der Waals surface area contributed by atoms with E-state index >= 15 is 0 Å². The average Bonchev–Trinajstić information content (AvgIpc) is 3.25. The summed E-state index contributed by atoms with van der Waals surface area (Å²) in [5.41, 5.74) is 1.71. The van der Waals surface area contributed by atoms with Crippen LogP contribution < -0.4 is 16.2 Å². The number of halogens is 1. The summed E-state index contributed by atoms with van der Waals surface area (Å²) in [6.07, 6.45) is 2.98. The molecule has 3 atom stereocenters. The van der Waals surface area contributed by atoms with Crippen molar-refractivity contribution in [1.29, 1.82) is 0 Å². The summed E-state index contributed by atoms with van der Waals surface area (Å²) >= 11 is 6.55. The number of carbonyl (C=O) groups is 2. The first-order valence-corrected chi connectivity index (χ1v) is 12.4. The molecule has 5 rings (SSSR count). The van der Waals surface area contributed by atoms with E-state index in [1.807, 2.05) is 42.5 Å². The fraction of sp³-hybridized carbons (Fsp3) is 0.333. The molecule has 0 saturated heterocycles. The van der Waals surface area contributed by atoms with E-state index < -0.39 is 6.04 Å². The molecule has 0 bridgehead atoms. The highest BCUT2D eigenvalue weighted by atomic mass is 35.5. The number of amides is 2. The van der Waals surface area contributed by atoms with Gasteiger partial charge in [0.25, 0.3) is 5.56 Å². The highest BCUT2D eigenvalue weighted by molar-refractivity contribution is 6.37. The van der Waals surface area contributed by atoms with Gasteiger partial charge in [-0.2, -0.15) is 0 Å². The Kier molecular flexibility index (Phi) is 6.53. The number of aromatic nitrogens is 2. The molecule has 1 aliphatic carbocycles. The van der Waals surface area contributed by atoms with Crippen molar-refractivity contribution in [3.63, 3.8) is 0 Å². The number of hydrogen-bond acceptors (Lipinski definition) is 5. The van der Waals surface area contributed by atoms with E-state index in [1.54, 1.807) is 17.6 Å². The minimum atomic E-state index is -0.789. The Morgan fingerprint density at radius 2 is 1.89 bits per heavy atom. The summed E-state index contributed by atoms with van der Waals surface area (Å²) in [7, 11) is 0. The van der Waals surface area contributed by atoms with Gasteiger partial charge in [-0.1, -0.05) is 53.2 Å². The summed E-state index contributed by atoms with van der Waals surface area (Å²) in [4.78, 5) is 38.7. The first-order chi connectivity index (χ1) is 17.3. The summed E-state index contributed by atoms with van der Waals surface area (Å²) in [5, 5.41) is 11.6. The molecule has 2 N–H and O–H groups in total. The molecule has 0 radical (unpaired) electrons. The first kappa shape index (κ1) is 24.1. The lowest BCUT2D eigenvalue weighted by molar-refractivity contribution is -0.129. The second-order valence-electron chi connectivity index (χ2n) is 9.34. The predicted octanol–water partition coefficient (Wildman–Crippen LogP) is 4.58. The first-order valence-electron chi connectivity index (χ1n) is 12.1. The Bertz CT molecular complexity index is 1510. The van der Waals surface area contributed by atoms with E-state index in [4.69, 9.17) is 16.1 Å². The monoisotopic (exact) mass is 506 g/mol. The van der Waals surface area contributed by atoms with Crippen LogP contribution in [0.2, 0.25) is 5.02 Å². The molecule has 3 unspecified atom stereocenters. The van der Waals surface area contributed by atoms with Gasteiger partial charge in [-0.3, -0.25) is 14.4 Å². The van der Waals surface area contributed by atoms with Crippen molar-refractivity contribution in [3.05, 3.63) is 75.2 Å². The molecule has 36 heavy (non-hydrogen) atoms. The van der Waals surface area contributed by atoms with Gasteiger partial charge in [-0.15, -0.1) is 0 Å². The van der Waals surface area contributed by atoms with Crippen LogP contribution in [0.5, 0.6) is 0 Å². The van der Waals surface area contributed by atoms with Crippen LogP contribution in [-0.4, -0.2) is 27.6 Å². The molecule has 2 aromatic carbocycles. The van der Waals surface area contributed by atoms with Gasteiger partial charge in [0.15, 0.2) is 0 Å². The lowest BCUT2D eigenvalue weighted by Gasteiger charge is -2.33. The molecule has 2 aromatic heterocycles. The maximum Gasteiger partial charge on any atom is 0.264 e. The zero-order chi connectivity index (χ0) is 25.4. The lowest BCUT2D eigenvalue weighted by atomic mass is 9.89. The fourth-order valence-corrected chi connectivity index (χ4v) is 5.56. The summed E-state index contributed by atoms with van der Waals surface area (Å²) in [6, 6.07) is 13.5. The number of benzene rings is 2. The van der Waals surface area contributed by atoms with E-state index in [1.165, 1.54) is 6.92 Å². The second-order valence-corrected chi connectivity index (χ2v) is 9.75. The van der Waals surface area contributed by atoms with E-state index in [0.717, 1.165) is 19.3 Å². The van der Waals surface area contributed by atoms with Crippen LogP contribution in [0.15, 0.2) is 57.8 Å². The van der Waals surface area contributed by atoms with Crippen molar-refractivity contribution in [2.45, 2.75) is 57.7 Å². The molecular weight excluding hydrogens is 480 g/mol. The number of pyridine rings is 1. The van der Waals surface area contributed by atoms with Gasteiger partial charge in [-0.25, -0.2) is 0 Å². The smallest absolute Gasteiger partial charge is 0.264 e. The Balaban J connectivity index is 1.47. The van der Waals surface area contributed by atoms with Gasteiger partial charge in [0.2, 0.25) is 11.8 Å². The number of nitrogens with zero attached hydrogens (tertiary/aromatic N) is 2. The molecule has 1 saturated carbocycles. The summed E-state index contributed by atoms with van der Waals surface area (Å²) in [5.74, 6) is -0.104. The minimum absolute atomic E-state index is 0.146. The average molecular weight is 507 g/mol. The maximum atomic E-state index is 13.7. The van der Waals surface area contributed by atoms with Gasteiger partial charge < -0.3 is 19.7 Å². The van der Waals surface area contributed by atoms with Crippen molar-refractivity contribution >= 4 is 45.2 Å². The quantitative estimate of drug-likeness (QED) is 0.412. The van der Waals surface area contributed by atoms with Crippen molar-refractivity contribution < 1.29 is 14.1 Å². The molecular formula is C27H27ClN4O4. The predicted molar refractivity (Wildman–Crippen MR) is 138 cm³/mol. The van der Waals surface area contributed by atoms with Crippen LogP contribution >= 0.6 is 11.6 Å². The normalized spacial score (nSPS) is 18.8. The van der Waals surface area contributed by atoms with Crippen molar-refractivity contribution in [3.8, 4) is 0 Å². The molecule has 1 fully saturated rings. The van der Waals surface area contributed by atoms with Crippen molar-refractivity contribution in [2.24, 2.45) is 0 Å². The van der Waals surface area contributed by atoms with Gasteiger partial charge in [-0.05, 0) is 50.3 Å². The van der Waals surface area contributed by atoms with Crippen LogP contribution in [0.3, 0.4) is 0 Å². The van der Waals surface area contributed by atoms with Crippen LogP contribution in [0.25, 0.3) is 21.8 Å². The van der Waals surface area contributed by atoms with Crippen LogP contribution in [0.1, 0.15) is 56.0 Å². The van der Waals surface area contributed by atoms with E-state index in [2.05, 4.69) is 15.8 Å². The zero-order valence-corrected chi connectivity index (χ0v) is 20.8. The molecule has 186 valence electrons. The van der Waals surface area contributed by atoms with Crippen LogP contribution in [0, 0.1) is 6.92 Å². The Labute approximate surface area is 212 Å². The number of rotatable bonds is 5. The highest BCUT2D eigenvalue weighted by Crippen LogP contribution is 2.35. The number of fused-ring (bicyclic) bond motifs is 3. The largest absolute Gasteiger partial charge is 0.360 e. The lowest BCUT2D eigenvalue weighted by Crippen LogP contribution is -2.46. The van der Waals surface area contributed by atoms with Gasteiger partial charge >= 0.3 is 0 Å². The Morgan fingerprint density at radius 1 is 1.11 bits per heavy atom. The van der Waals surface area contributed by atoms with Crippen LogP contribution in [-0.2, 0) is 9.59 Å². The third kappa shape index (κ3) is 4.37. The molecule has 9 heteroatoms. The van der Waals surface area contributed by atoms with Crippen LogP contribution in [0.4, 0.5) is 0 Å². The van der Waals surface area contributed by atoms with Gasteiger partial charge in [0.1, 0.15) is 22.7 Å². The number of hydrogen-bond donors (Lipinski definition) is 2. The topological polar surface area (TPSA) is 106 Å². The molecule has 4 aromatic rings. The van der Waals surface area contributed by atoms with Gasteiger partial charge in [0.05, 0.1) is 10.5 Å². The molecule has 2 heterocycles. The van der Waals surface area contributed by atoms with E-state index in [-0.39, 0.29) is 29.5 Å². The zero-order valence-electron chi connectivity index (χ0n) is 20.1. The Hall–Kier alpha value is -3.65. The summed E-state index contributed by atoms with van der Waals surface area (Å²) in [6.45, 7) is 3.12. The second kappa shape index (κ2) is 9.78. The number of aryl methyl sites for hydroxylation is 1. The number of carbonyl (C=O) groups excluding carboxylic acids is 2. The molecule has 2 amide bonds. The SMILES string of the molecule is CC(=O)NC(C(=O)NC1CCCC(n2c(=O)c3c(C)onc3c3c(Cl)cccc32)C1)c1ccccc1. The molecule has 8 nitrogen and oxygen atoms in total.